The van der Waals surface area contributed by atoms with Crippen LogP contribution in [0.25, 0.3) is 38.3 Å². The van der Waals surface area contributed by atoms with Crippen LogP contribution in [0.5, 0.6) is 5.95 Å². The number of halogens is 2. The number of rotatable bonds is 5. The number of fused-ring (bicyclic) bond motifs is 1. The van der Waals surface area contributed by atoms with Crippen LogP contribution in [0.2, 0.25) is 0 Å². The molecular weight excluding hydrogens is 522 g/mol. The lowest BCUT2D eigenvalue weighted by atomic mass is 9.98. The summed E-state index contributed by atoms with van der Waals surface area (Å²) in [4.78, 5) is 18.8. The monoisotopic (exact) mass is 540 g/mol. The summed E-state index contributed by atoms with van der Waals surface area (Å²) in [5, 5.41) is 16.7. The van der Waals surface area contributed by atoms with Crippen LogP contribution in [0.15, 0.2) is 83.4 Å². The van der Waals surface area contributed by atoms with Crippen molar-refractivity contribution < 1.29 is 27.9 Å². The zero-order chi connectivity index (χ0) is 27.3. The van der Waals surface area contributed by atoms with Crippen LogP contribution in [-0.4, -0.2) is 16.0 Å². The number of ketones is 1. The van der Waals surface area contributed by atoms with Gasteiger partial charge in [0.2, 0.25) is 5.69 Å². The van der Waals surface area contributed by atoms with Gasteiger partial charge in [0.15, 0.2) is 5.95 Å². The number of aryl methyl sites for hydroxylation is 1. The normalized spacial score (nSPS) is 11.3. The van der Waals surface area contributed by atoms with E-state index in [1.165, 1.54) is 6.07 Å². The number of pyridine rings is 1. The molecule has 6 aromatic rings. The van der Waals surface area contributed by atoms with Gasteiger partial charge in [-0.05, 0) is 35.4 Å². The molecule has 3 aromatic heterocycles. The Morgan fingerprint density at radius 1 is 1.00 bits per heavy atom. The molecular formula is C29H18F2N4O3S. The van der Waals surface area contributed by atoms with Crippen LogP contribution < -0.4 is 15.5 Å². The molecule has 0 bridgehead atoms. The minimum absolute atomic E-state index is 0.0156. The third kappa shape index (κ3) is 4.20. The molecule has 10 heteroatoms. The predicted molar refractivity (Wildman–Crippen MR) is 140 cm³/mol. The second kappa shape index (κ2) is 9.41. The van der Waals surface area contributed by atoms with Gasteiger partial charge in [-0.1, -0.05) is 48.0 Å². The molecule has 0 saturated heterocycles. The van der Waals surface area contributed by atoms with Gasteiger partial charge in [-0.3, -0.25) is 4.79 Å². The number of hydrogen-bond acceptors (Lipinski definition) is 7. The molecule has 0 radical (unpaired) electrons. The summed E-state index contributed by atoms with van der Waals surface area (Å²) in [7, 11) is 0. The quantitative estimate of drug-likeness (QED) is 0.233. The lowest BCUT2D eigenvalue weighted by Gasteiger charge is -2.10. The van der Waals surface area contributed by atoms with Crippen molar-refractivity contribution in [2.45, 2.75) is 6.92 Å². The molecule has 3 heterocycles. The lowest BCUT2D eigenvalue weighted by Crippen LogP contribution is -2.39. The Bertz CT molecular complexity index is 1880. The summed E-state index contributed by atoms with van der Waals surface area (Å²) in [5.74, 6) is -3.16. The van der Waals surface area contributed by atoms with E-state index in [9.17, 15) is 14.3 Å². The average molecular weight is 541 g/mol. The zero-order valence-corrected chi connectivity index (χ0v) is 21.1. The molecule has 2 N–H and O–H groups in total. The highest BCUT2D eigenvalue weighted by atomic mass is 32.1. The fourth-order valence-electron chi connectivity index (χ4n) is 4.37. The number of hydrogen-bond donors (Lipinski definition) is 1. The van der Waals surface area contributed by atoms with Crippen molar-refractivity contribution in [1.29, 1.82) is 0 Å². The van der Waals surface area contributed by atoms with E-state index >= 15 is 4.39 Å². The number of aromatic nitrogens is 3. The zero-order valence-electron chi connectivity index (χ0n) is 20.3. The van der Waals surface area contributed by atoms with Crippen molar-refractivity contribution in [3.63, 3.8) is 0 Å². The molecule has 6 rings (SSSR count). The average Bonchev–Trinajstić information content (AvgIpc) is 3.48. The molecule has 0 unspecified atom stereocenters. The van der Waals surface area contributed by atoms with E-state index < -0.39 is 23.4 Å². The van der Waals surface area contributed by atoms with Gasteiger partial charge in [-0.15, -0.1) is 11.3 Å². The molecule has 7 nitrogen and oxygen atoms in total. The first-order chi connectivity index (χ1) is 18.8. The van der Waals surface area contributed by atoms with Gasteiger partial charge in [0.05, 0.1) is 16.7 Å². The van der Waals surface area contributed by atoms with Crippen LogP contribution in [0.3, 0.4) is 0 Å². The van der Waals surface area contributed by atoms with E-state index in [-0.39, 0.29) is 21.8 Å². The minimum atomic E-state index is -0.930. The van der Waals surface area contributed by atoms with Gasteiger partial charge < -0.3 is 15.4 Å². The molecule has 0 amide bonds. The second-order valence-electron chi connectivity index (χ2n) is 8.86. The number of carbonyl (C=O) groups is 1. The van der Waals surface area contributed by atoms with E-state index in [4.69, 9.17) is 15.2 Å². The Labute approximate surface area is 224 Å². The summed E-state index contributed by atoms with van der Waals surface area (Å²) >= 11 is 0.968. The van der Waals surface area contributed by atoms with Gasteiger partial charge in [0.1, 0.15) is 21.3 Å². The van der Waals surface area contributed by atoms with Crippen LogP contribution in [0.1, 0.15) is 20.9 Å². The maximum absolute atomic E-state index is 15.0. The smallest absolute Gasteiger partial charge is 0.312 e. The number of carbonyl (C=O) groups excluding carboxylic acids is 1. The molecule has 0 saturated carbocycles. The highest BCUT2D eigenvalue weighted by molar-refractivity contribution is 7.21. The largest absolute Gasteiger partial charge is 0.539 e. The highest BCUT2D eigenvalue weighted by Crippen LogP contribution is 2.43. The first kappa shape index (κ1) is 24.4. The summed E-state index contributed by atoms with van der Waals surface area (Å²) in [6, 6.07) is 21.1. The maximum atomic E-state index is 15.0. The van der Waals surface area contributed by atoms with Crippen molar-refractivity contribution in [3.8, 4) is 34.0 Å². The molecule has 0 fully saturated rings. The first-order valence-electron chi connectivity index (χ1n) is 11.8. The molecule has 0 aliphatic rings. The van der Waals surface area contributed by atoms with Crippen LogP contribution in [0, 0.1) is 18.6 Å². The second-order valence-corrected chi connectivity index (χ2v) is 9.85. The molecule has 0 atom stereocenters. The molecule has 0 aliphatic carbocycles. The van der Waals surface area contributed by atoms with Crippen molar-refractivity contribution in [3.05, 3.63) is 107 Å². The summed E-state index contributed by atoms with van der Waals surface area (Å²) in [5.41, 5.74) is 9.30. The van der Waals surface area contributed by atoms with Gasteiger partial charge in [0, 0.05) is 34.7 Å². The standard InChI is InChI=1S/C29H18F2N4O3S/c1-15-7-10-18(11-8-15)35-25(29(37)38-34-35)26(36)27-24(32)23-20(19-12-9-17(30)13-21(19)31)14-22(33-28(23)39-27)16-5-3-2-4-6-16/h2-14H,1H3,(H2-,32,34,36,37). The molecule has 0 aliphatic heterocycles. The van der Waals surface area contributed by atoms with Gasteiger partial charge in [-0.25, -0.2) is 13.8 Å². The van der Waals surface area contributed by atoms with Gasteiger partial charge >= 0.3 is 5.69 Å². The van der Waals surface area contributed by atoms with E-state index in [2.05, 4.69) is 5.27 Å². The van der Waals surface area contributed by atoms with Crippen LogP contribution >= 0.6 is 11.3 Å². The predicted octanol–water partition coefficient (Wildman–Crippen LogP) is 5.37. The molecule has 39 heavy (non-hydrogen) atoms. The topological polar surface area (TPSA) is 109 Å². The van der Waals surface area contributed by atoms with E-state index in [0.717, 1.165) is 39.3 Å². The van der Waals surface area contributed by atoms with Gasteiger partial charge in [-0.2, -0.15) is 0 Å². The third-order valence-corrected chi connectivity index (χ3v) is 7.40. The first-order valence-corrected chi connectivity index (χ1v) is 12.6. The Morgan fingerprint density at radius 2 is 1.74 bits per heavy atom. The van der Waals surface area contributed by atoms with E-state index in [1.807, 2.05) is 49.4 Å². The Morgan fingerprint density at radius 3 is 2.46 bits per heavy atom. The molecule has 0 spiro atoms. The van der Waals surface area contributed by atoms with E-state index in [0.29, 0.717) is 27.2 Å². The van der Waals surface area contributed by atoms with Crippen LogP contribution in [0.4, 0.5) is 14.5 Å². The summed E-state index contributed by atoms with van der Waals surface area (Å²) < 4.78 is 34.7. The summed E-state index contributed by atoms with van der Waals surface area (Å²) in [6.45, 7) is 1.90. The Kier molecular flexibility index (Phi) is 5.88. The van der Waals surface area contributed by atoms with Crippen molar-refractivity contribution in [2.24, 2.45) is 0 Å². The molecule has 192 valence electrons. The van der Waals surface area contributed by atoms with Gasteiger partial charge in [0.25, 0.3) is 5.78 Å². The highest BCUT2D eigenvalue weighted by Gasteiger charge is 2.33. The fraction of sp³-hybridized carbons (Fsp3) is 0.0345. The molecule has 3 aromatic carbocycles. The summed E-state index contributed by atoms with van der Waals surface area (Å²) in [6.07, 6.45) is 0. The maximum Gasteiger partial charge on any atom is 0.312 e. The number of nitrogen functional groups attached to an aromatic ring is 1. The van der Waals surface area contributed by atoms with Crippen molar-refractivity contribution in [2.75, 3.05) is 5.73 Å². The fourth-order valence-corrected chi connectivity index (χ4v) is 5.43. The number of anilines is 1. The lowest BCUT2D eigenvalue weighted by molar-refractivity contribution is -0.672. The number of nitrogens with two attached hydrogens (primary N) is 1. The number of nitrogens with zero attached hydrogens (tertiary/aromatic N) is 3. The Hall–Kier alpha value is -4.96. The Balaban J connectivity index is 1.58. The van der Waals surface area contributed by atoms with Crippen LogP contribution in [-0.2, 0) is 0 Å². The minimum Gasteiger partial charge on any atom is -0.539 e. The van der Waals surface area contributed by atoms with Crippen molar-refractivity contribution in [1.82, 2.24) is 10.3 Å². The van der Waals surface area contributed by atoms with Crippen molar-refractivity contribution >= 4 is 33.0 Å². The third-order valence-electron chi connectivity index (χ3n) is 6.30. The van der Waals surface area contributed by atoms with E-state index in [1.54, 1.807) is 18.2 Å². The number of benzene rings is 3. The number of thiophene rings is 1. The SMILES string of the molecule is Cc1ccc(-[n+]2noc([O-])c2C(=O)c2sc3nc(-c4ccccc4)cc(-c4ccc(F)cc4F)c3c2N)cc1.